The summed E-state index contributed by atoms with van der Waals surface area (Å²) in [4.78, 5) is 12.8. The lowest BCUT2D eigenvalue weighted by atomic mass is 10.2. The molecule has 0 unspecified atom stereocenters. The van der Waals surface area contributed by atoms with Crippen molar-refractivity contribution in [1.29, 1.82) is 0 Å². The normalized spacial score (nSPS) is 10.4. The molecule has 0 aromatic heterocycles. The van der Waals surface area contributed by atoms with Crippen molar-refractivity contribution in [3.05, 3.63) is 59.9 Å². The number of carbonyl (C=O) groups is 1. The summed E-state index contributed by atoms with van der Waals surface area (Å²) >= 11 is 1.55. The number of hydrogen-bond acceptors (Lipinski definition) is 3. The first-order valence-corrected chi connectivity index (χ1v) is 7.54. The van der Waals surface area contributed by atoms with Gasteiger partial charge in [0.1, 0.15) is 5.82 Å². The van der Waals surface area contributed by atoms with E-state index in [0.717, 1.165) is 10.5 Å². The van der Waals surface area contributed by atoms with Gasteiger partial charge in [0.2, 0.25) is 5.91 Å². The molecule has 21 heavy (non-hydrogen) atoms. The third-order valence-electron chi connectivity index (χ3n) is 2.85. The first-order chi connectivity index (χ1) is 10.2. The van der Waals surface area contributed by atoms with E-state index in [4.69, 9.17) is 5.11 Å². The average Bonchev–Trinajstić information content (AvgIpc) is 2.50. The molecule has 0 aliphatic carbocycles. The van der Waals surface area contributed by atoms with Gasteiger partial charge in [-0.05, 0) is 29.8 Å². The zero-order valence-corrected chi connectivity index (χ0v) is 12.2. The molecule has 0 saturated carbocycles. The molecule has 2 N–H and O–H groups in total. The lowest BCUT2D eigenvalue weighted by Crippen LogP contribution is -2.13. The van der Waals surface area contributed by atoms with Crippen molar-refractivity contribution < 1.29 is 14.3 Å². The summed E-state index contributed by atoms with van der Waals surface area (Å²) in [5.41, 5.74) is 1.07. The highest BCUT2D eigenvalue weighted by atomic mass is 32.2. The molecule has 2 aromatic rings. The van der Waals surface area contributed by atoms with Gasteiger partial charge in [0, 0.05) is 17.1 Å². The van der Waals surface area contributed by atoms with Gasteiger partial charge in [0.15, 0.2) is 0 Å². The SMILES string of the molecule is O=C(CCSc1ccc(CO)cc1)Nc1ccccc1F. The summed E-state index contributed by atoms with van der Waals surface area (Å²) in [6.07, 6.45) is 0.306. The summed E-state index contributed by atoms with van der Waals surface area (Å²) in [5, 5.41) is 11.5. The van der Waals surface area contributed by atoms with Crippen LogP contribution in [0, 0.1) is 5.82 Å². The standard InChI is InChI=1S/C16H16FNO2S/c17-14-3-1-2-4-15(14)18-16(20)9-10-21-13-7-5-12(11-19)6-8-13/h1-8,19H,9-11H2,(H,18,20). The van der Waals surface area contributed by atoms with E-state index in [1.165, 1.54) is 12.1 Å². The maximum Gasteiger partial charge on any atom is 0.225 e. The molecule has 0 bridgehead atoms. The van der Waals surface area contributed by atoms with Crippen LogP contribution < -0.4 is 5.32 Å². The smallest absolute Gasteiger partial charge is 0.225 e. The fourth-order valence-electron chi connectivity index (χ4n) is 1.73. The number of benzene rings is 2. The number of nitrogens with one attached hydrogen (secondary N) is 1. The van der Waals surface area contributed by atoms with Gasteiger partial charge in [0.05, 0.1) is 12.3 Å². The topological polar surface area (TPSA) is 49.3 Å². The van der Waals surface area contributed by atoms with Gasteiger partial charge in [-0.15, -0.1) is 11.8 Å². The van der Waals surface area contributed by atoms with Crippen molar-refractivity contribution in [3.63, 3.8) is 0 Å². The molecular formula is C16H16FNO2S. The summed E-state index contributed by atoms with van der Waals surface area (Å²) in [6.45, 7) is 0.0238. The summed E-state index contributed by atoms with van der Waals surface area (Å²) in [7, 11) is 0. The average molecular weight is 305 g/mol. The van der Waals surface area contributed by atoms with Crippen LogP contribution in [-0.2, 0) is 11.4 Å². The lowest BCUT2D eigenvalue weighted by molar-refractivity contribution is -0.115. The van der Waals surface area contributed by atoms with Crippen molar-refractivity contribution in [2.45, 2.75) is 17.9 Å². The van der Waals surface area contributed by atoms with Crippen LogP contribution in [0.4, 0.5) is 10.1 Å². The largest absolute Gasteiger partial charge is 0.392 e. The van der Waals surface area contributed by atoms with Crippen molar-refractivity contribution in [2.24, 2.45) is 0 Å². The van der Waals surface area contributed by atoms with E-state index in [1.54, 1.807) is 23.9 Å². The number of aliphatic hydroxyl groups excluding tert-OH is 1. The Balaban J connectivity index is 1.77. The monoisotopic (exact) mass is 305 g/mol. The third-order valence-corrected chi connectivity index (χ3v) is 3.87. The highest BCUT2D eigenvalue weighted by Gasteiger charge is 2.06. The molecule has 0 aliphatic heterocycles. The van der Waals surface area contributed by atoms with E-state index in [-0.39, 0.29) is 18.2 Å². The summed E-state index contributed by atoms with van der Waals surface area (Å²) < 4.78 is 13.4. The molecule has 0 aliphatic rings. The number of rotatable bonds is 6. The second-order valence-corrected chi connectivity index (χ2v) is 5.60. The molecule has 5 heteroatoms. The molecular weight excluding hydrogens is 289 g/mol. The molecule has 0 saturated heterocycles. The fourth-order valence-corrected chi connectivity index (χ4v) is 2.58. The van der Waals surface area contributed by atoms with Crippen LogP contribution in [0.15, 0.2) is 53.4 Å². The van der Waals surface area contributed by atoms with E-state index >= 15 is 0 Å². The number of thioether (sulfide) groups is 1. The van der Waals surface area contributed by atoms with Crippen LogP contribution in [-0.4, -0.2) is 16.8 Å². The maximum atomic E-state index is 13.4. The van der Waals surface area contributed by atoms with Crippen molar-refractivity contribution in [2.75, 3.05) is 11.1 Å². The highest BCUT2D eigenvalue weighted by Crippen LogP contribution is 2.20. The van der Waals surface area contributed by atoms with E-state index in [2.05, 4.69) is 5.32 Å². The van der Waals surface area contributed by atoms with Crippen LogP contribution in [0.25, 0.3) is 0 Å². The molecule has 0 heterocycles. The maximum absolute atomic E-state index is 13.4. The molecule has 0 atom stereocenters. The Kier molecular flexibility index (Phi) is 5.78. The molecule has 110 valence electrons. The minimum Gasteiger partial charge on any atom is -0.392 e. The van der Waals surface area contributed by atoms with Crippen LogP contribution in [0.5, 0.6) is 0 Å². The van der Waals surface area contributed by atoms with Gasteiger partial charge < -0.3 is 10.4 Å². The zero-order chi connectivity index (χ0) is 15.1. The zero-order valence-electron chi connectivity index (χ0n) is 11.4. The molecule has 1 amide bonds. The molecule has 0 spiro atoms. The predicted molar refractivity (Wildman–Crippen MR) is 82.7 cm³/mol. The Bertz CT molecular complexity index is 601. The number of aliphatic hydroxyl groups is 1. The third kappa shape index (κ3) is 4.88. The Hall–Kier alpha value is -1.85. The Morgan fingerprint density at radius 2 is 1.86 bits per heavy atom. The van der Waals surface area contributed by atoms with Gasteiger partial charge >= 0.3 is 0 Å². The Labute approximate surface area is 127 Å². The molecule has 0 radical (unpaired) electrons. The van der Waals surface area contributed by atoms with Crippen molar-refractivity contribution in [1.82, 2.24) is 0 Å². The van der Waals surface area contributed by atoms with Crippen molar-refractivity contribution >= 4 is 23.4 Å². The van der Waals surface area contributed by atoms with Gasteiger partial charge in [-0.2, -0.15) is 0 Å². The second-order valence-electron chi connectivity index (χ2n) is 4.43. The minimum absolute atomic E-state index is 0.0238. The van der Waals surface area contributed by atoms with E-state index in [1.807, 2.05) is 24.3 Å². The molecule has 2 rings (SSSR count). The van der Waals surface area contributed by atoms with E-state index < -0.39 is 5.82 Å². The number of hydrogen-bond donors (Lipinski definition) is 2. The second kappa shape index (κ2) is 7.81. The number of anilines is 1. The molecule has 0 fully saturated rings. The fraction of sp³-hybridized carbons (Fsp3) is 0.188. The number of amides is 1. The van der Waals surface area contributed by atoms with Gasteiger partial charge in [-0.1, -0.05) is 24.3 Å². The van der Waals surface area contributed by atoms with Gasteiger partial charge in [0.25, 0.3) is 0 Å². The first kappa shape index (κ1) is 15.5. The van der Waals surface area contributed by atoms with E-state index in [0.29, 0.717) is 12.2 Å². The molecule has 3 nitrogen and oxygen atoms in total. The van der Waals surface area contributed by atoms with Crippen LogP contribution in [0.1, 0.15) is 12.0 Å². The van der Waals surface area contributed by atoms with Crippen LogP contribution >= 0.6 is 11.8 Å². The quantitative estimate of drug-likeness (QED) is 0.804. The number of para-hydroxylation sites is 1. The van der Waals surface area contributed by atoms with Crippen LogP contribution in [0.3, 0.4) is 0 Å². The summed E-state index contributed by atoms with van der Waals surface area (Å²) in [5.74, 6) is -0.0312. The lowest BCUT2D eigenvalue weighted by Gasteiger charge is -2.06. The first-order valence-electron chi connectivity index (χ1n) is 6.56. The number of carbonyl (C=O) groups excluding carboxylic acids is 1. The number of halogens is 1. The Morgan fingerprint density at radius 1 is 1.14 bits per heavy atom. The highest BCUT2D eigenvalue weighted by molar-refractivity contribution is 7.99. The predicted octanol–water partition coefficient (Wildman–Crippen LogP) is 3.44. The van der Waals surface area contributed by atoms with Gasteiger partial charge in [-0.25, -0.2) is 4.39 Å². The molecule has 2 aromatic carbocycles. The minimum atomic E-state index is -0.432. The van der Waals surface area contributed by atoms with Crippen LogP contribution in [0.2, 0.25) is 0 Å². The summed E-state index contributed by atoms with van der Waals surface area (Å²) in [6, 6.07) is 13.6. The van der Waals surface area contributed by atoms with Gasteiger partial charge in [-0.3, -0.25) is 4.79 Å². The van der Waals surface area contributed by atoms with Crippen molar-refractivity contribution in [3.8, 4) is 0 Å². The Morgan fingerprint density at radius 3 is 2.52 bits per heavy atom. The van der Waals surface area contributed by atoms with E-state index in [9.17, 15) is 9.18 Å².